The van der Waals surface area contributed by atoms with Crippen LogP contribution in [0, 0.1) is 0 Å². The molecule has 2 heterocycles. The number of nitrogen functional groups attached to an aromatic ring is 1. The monoisotopic (exact) mass is 451 g/mol. The van der Waals surface area contributed by atoms with E-state index in [2.05, 4.69) is 36.2 Å². The Morgan fingerprint density at radius 3 is 2.38 bits per heavy atom. The van der Waals surface area contributed by atoms with Gasteiger partial charge in [0.25, 0.3) is 0 Å². The fourth-order valence-corrected chi connectivity index (χ4v) is 4.74. The molecule has 0 spiro atoms. The summed E-state index contributed by atoms with van der Waals surface area (Å²) in [5, 5.41) is 8.51. The Morgan fingerprint density at radius 1 is 1.03 bits per heavy atom. The van der Waals surface area contributed by atoms with Crippen molar-refractivity contribution >= 4 is 17.7 Å². The smallest absolute Gasteiger partial charge is 0.240 e. The maximum atomic E-state index is 13.2. The molecule has 2 aromatic carbocycles. The Morgan fingerprint density at radius 2 is 1.72 bits per heavy atom. The van der Waals surface area contributed by atoms with Gasteiger partial charge in [0.1, 0.15) is 17.6 Å². The summed E-state index contributed by atoms with van der Waals surface area (Å²) in [6.45, 7) is 6.10. The number of hydrogen-bond acceptors (Lipinski definition) is 6. The van der Waals surface area contributed by atoms with E-state index in [-0.39, 0.29) is 12.5 Å². The first kappa shape index (κ1) is 22.2. The predicted octanol–water partition coefficient (Wildman–Crippen LogP) is 4.15. The molecule has 0 unspecified atom stereocenters. The van der Waals surface area contributed by atoms with Crippen LogP contribution < -0.4 is 10.6 Å². The highest BCUT2D eigenvalue weighted by Crippen LogP contribution is 2.36. The number of likely N-dealkylation sites (tertiary alicyclic amines) is 1. The highest BCUT2D eigenvalue weighted by molar-refractivity contribution is 8.00. The normalized spacial score (nSPS) is 14.7. The molecule has 1 aliphatic heterocycles. The van der Waals surface area contributed by atoms with Gasteiger partial charge in [-0.15, -0.1) is 10.2 Å². The molecule has 0 saturated carbocycles. The van der Waals surface area contributed by atoms with Crippen molar-refractivity contribution < 1.29 is 9.53 Å². The van der Waals surface area contributed by atoms with Crippen LogP contribution in [-0.2, 0) is 11.4 Å². The zero-order valence-electron chi connectivity index (χ0n) is 18.5. The maximum Gasteiger partial charge on any atom is 0.240 e. The Hall–Kier alpha value is -3.00. The van der Waals surface area contributed by atoms with E-state index >= 15 is 0 Å². The zero-order chi connectivity index (χ0) is 22.5. The van der Waals surface area contributed by atoms with E-state index in [1.165, 1.54) is 22.0 Å². The van der Waals surface area contributed by atoms with Crippen LogP contribution in [0.5, 0.6) is 5.75 Å². The molecule has 8 heteroatoms. The highest BCUT2D eigenvalue weighted by Gasteiger charge is 2.30. The summed E-state index contributed by atoms with van der Waals surface area (Å²) < 4.78 is 7.27. The van der Waals surface area contributed by atoms with Gasteiger partial charge in [0.15, 0.2) is 5.82 Å². The van der Waals surface area contributed by atoms with E-state index in [0.717, 1.165) is 37.2 Å². The fourth-order valence-electron chi connectivity index (χ4n) is 3.68. The van der Waals surface area contributed by atoms with Crippen LogP contribution in [0.3, 0.4) is 0 Å². The molecule has 32 heavy (non-hydrogen) atoms. The molecule has 1 saturated heterocycles. The van der Waals surface area contributed by atoms with Gasteiger partial charge in [-0.2, -0.15) is 0 Å². The van der Waals surface area contributed by atoms with Gasteiger partial charge in [-0.3, -0.25) is 4.79 Å². The number of benzene rings is 2. The number of amides is 1. The van der Waals surface area contributed by atoms with Gasteiger partial charge in [0.2, 0.25) is 11.1 Å². The summed E-state index contributed by atoms with van der Waals surface area (Å²) in [5.74, 6) is 8.08. The lowest BCUT2D eigenvalue weighted by atomic mass is 10.0. The number of aromatic nitrogens is 3. The lowest BCUT2D eigenvalue weighted by molar-refractivity contribution is -0.129. The SMILES string of the molecule is CC(C)c1ccc(OCc2nnc(S[C@@H](C(=O)N3CCCC3)c3ccccc3)n2N)cc1. The lowest BCUT2D eigenvalue weighted by Gasteiger charge is -2.22. The second kappa shape index (κ2) is 10.1. The maximum absolute atomic E-state index is 13.2. The van der Waals surface area contributed by atoms with E-state index in [1.54, 1.807) is 0 Å². The lowest BCUT2D eigenvalue weighted by Crippen LogP contribution is -2.31. The van der Waals surface area contributed by atoms with Gasteiger partial charge in [-0.1, -0.05) is 68.1 Å². The molecule has 2 N–H and O–H groups in total. The third-order valence-electron chi connectivity index (χ3n) is 5.62. The molecular weight excluding hydrogens is 422 g/mol. The van der Waals surface area contributed by atoms with Crippen molar-refractivity contribution in [2.75, 3.05) is 18.9 Å². The Labute approximate surface area is 192 Å². The number of ether oxygens (including phenoxy) is 1. The minimum Gasteiger partial charge on any atom is -0.486 e. The molecule has 0 bridgehead atoms. The highest BCUT2D eigenvalue weighted by atomic mass is 32.2. The number of nitrogens with zero attached hydrogens (tertiary/aromatic N) is 4. The largest absolute Gasteiger partial charge is 0.486 e. The molecule has 1 aliphatic rings. The predicted molar refractivity (Wildman–Crippen MR) is 126 cm³/mol. The standard InChI is InChI=1S/C24H29N5O2S/c1-17(2)18-10-12-20(13-11-18)31-16-21-26-27-24(29(21)25)32-22(19-8-4-3-5-9-19)23(30)28-14-6-7-15-28/h3-5,8-13,17,22H,6-7,14-16,25H2,1-2H3/t22-/m1/s1. The molecule has 4 rings (SSSR count). The number of hydrogen-bond donors (Lipinski definition) is 1. The van der Waals surface area contributed by atoms with Crippen molar-refractivity contribution in [1.82, 2.24) is 19.8 Å². The first-order valence-corrected chi connectivity index (χ1v) is 11.8. The van der Waals surface area contributed by atoms with E-state index in [1.807, 2.05) is 47.4 Å². The molecule has 1 fully saturated rings. The van der Waals surface area contributed by atoms with Crippen molar-refractivity contribution in [3.8, 4) is 5.75 Å². The number of carbonyl (C=O) groups is 1. The van der Waals surface area contributed by atoms with Crippen LogP contribution in [0.25, 0.3) is 0 Å². The molecule has 1 amide bonds. The Kier molecular flexibility index (Phi) is 6.99. The molecule has 0 aliphatic carbocycles. The molecule has 1 aromatic heterocycles. The van der Waals surface area contributed by atoms with Gasteiger partial charge >= 0.3 is 0 Å². The third kappa shape index (κ3) is 5.07. The van der Waals surface area contributed by atoms with E-state index in [4.69, 9.17) is 10.6 Å². The van der Waals surface area contributed by atoms with Crippen LogP contribution in [0.2, 0.25) is 0 Å². The Balaban J connectivity index is 1.47. The van der Waals surface area contributed by atoms with Gasteiger partial charge in [0.05, 0.1) is 0 Å². The topological polar surface area (TPSA) is 86.3 Å². The second-order valence-corrected chi connectivity index (χ2v) is 9.29. The summed E-state index contributed by atoms with van der Waals surface area (Å²) in [6.07, 6.45) is 2.09. The van der Waals surface area contributed by atoms with Crippen LogP contribution in [0.4, 0.5) is 0 Å². The number of nitrogens with two attached hydrogens (primary N) is 1. The van der Waals surface area contributed by atoms with Crippen molar-refractivity contribution in [2.24, 2.45) is 0 Å². The minimum atomic E-state index is -0.418. The van der Waals surface area contributed by atoms with Gasteiger partial charge in [-0.25, -0.2) is 4.68 Å². The number of carbonyl (C=O) groups excluding carboxylic acids is 1. The number of thioether (sulfide) groups is 1. The van der Waals surface area contributed by atoms with Crippen LogP contribution >= 0.6 is 11.8 Å². The van der Waals surface area contributed by atoms with Crippen molar-refractivity contribution in [1.29, 1.82) is 0 Å². The Bertz CT molecular complexity index is 1030. The second-order valence-electron chi connectivity index (χ2n) is 8.22. The fraction of sp³-hybridized carbons (Fsp3) is 0.375. The number of rotatable bonds is 8. The van der Waals surface area contributed by atoms with Crippen LogP contribution in [0.15, 0.2) is 59.8 Å². The summed E-state index contributed by atoms with van der Waals surface area (Å²) in [7, 11) is 0. The van der Waals surface area contributed by atoms with Crippen molar-refractivity contribution in [2.45, 2.75) is 49.6 Å². The third-order valence-corrected chi connectivity index (χ3v) is 6.82. The van der Waals surface area contributed by atoms with Gasteiger partial charge in [-0.05, 0) is 42.0 Å². The molecular formula is C24H29N5O2S. The zero-order valence-corrected chi connectivity index (χ0v) is 19.3. The van der Waals surface area contributed by atoms with Gasteiger partial charge < -0.3 is 15.5 Å². The van der Waals surface area contributed by atoms with E-state index in [0.29, 0.717) is 16.9 Å². The van der Waals surface area contributed by atoms with Gasteiger partial charge in [0, 0.05) is 13.1 Å². The van der Waals surface area contributed by atoms with E-state index < -0.39 is 5.25 Å². The minimum absolute atomic E-state index is 0.0877. The summed E-state index contributed by atoms with van der Waals surface area (Å²) >= 11 is 1.33. The van der Waals surface area contributed by atoms with Crippen LogP contribution in [-0.4, -0.2) is 38.8 Å². The molecule has 1 atom stereocenters. The molecule has 0 radical (unpaired) electrons. The molecule has 168 valence electrons. The average molecular weight is 452 g/mol. The summed E-state index contributed by atoms with van der Waals surface area (Å²) in [4.78, 5) is 15.2. The summed E-state index contributed by atoms with van der Waals surface area (Å²) in [5.41, 5.74) is 2.19. The van der Waals surface area contributed by atoms with Crippen molar-refractivity contribution in [3.63, 3.8) is 0 Å². The van der Waals surface area contributed by atoms with Crippen LogP contribution in [0.1, 0.15) is 54.8 Å². The first-order valence-electron chi connectivity index (χ1n) is 11.0. The quantitative estimate of drug-likeness (QED) is 0.409. The first-order chi connectivity index (χ1) is 15.5. The summed E-state index contributed by atoms with van der Waals surface area (Å²) in [6, 6.07) is 17.8. The molecule has 3 aromatic rings. The average Bonchev–Trinajstić information content (AvgIpc) is 3.47. The van der Waals surface area contributed by atoms with Crippen molar-refractivity contribution in [3.05, 3.63) is 71.5 Å². The van der Waals surface area contributed by atoms with E-state index in [9.17, 15) is 4.79 Å². The molecule has 7 nitrogen and oxygen atoms in total.